The van der Waals surface area contributed by atoms with E-state index in [9.17, 15) is 14.7 Å². The highest BCUT2D eigenvalue weighted by Gasteiger charge is 2.44. The van der Waals surface area contributed by atoms with Gasteiger partial charge in [-0.3, -0.25) is 19.6 Å². The normalized spacial score (nSPS) is 16.4. The summed E-state index contributed by atoms with van der Waals surface area (Å²) in [6, 6.07) is 10.3. The first kappa shape index (κ1) is 68.3. The molecule has 1 aliphatic carbocycles. The molecule has 0 saturated heterocycles. The van der Waals surface area contributed by atoms with E-state index in [4.69, 9.17) is 28.9 Å². The van der Waals surface area contributed by atoms with E-state index in [1.165, 1.54) is 160 Å². The fraction of sp³-hybridized carbons (Fsp3) is 0.680. The molecule has 3 aromatic heterocycles. The fourth-order valence-corrected chi connectivity index (χ4v) is 13.7. The molecule has 86 heavy (non-hydrogen) atoms. The van der Waals surface area contributed by atoms with Crippen LogP contribution in [0.3, 0.4) is 0 Å². The molecule has 2 unspecified atom stereocenters. The number of hydrogen-bond acceptors (Lipinski definition) is 9. The van der Waals surface area contributed by atoms with Gasteiger partial charge in [0.1, 0.15) is 12.4 Å². The number of aromatic nitrogens is 4. The van der Waals surface area contributed by atoms with Gasteiger partial charge in [-0.25, -0.2) is 0 Å². The predicted molar refractivity (Wildman–Crippen MR) is 354 cm³/mol. The van der Waals surface area contributed by atoms with Crippen LogP contribution in [0.15, 0.2) is 30.3 Å². The molecule has 3 aliphatic rings. The summed E-state index contributed by atoms with van der Waals surface area (Å²) in [5.41, 5.74) is 13.0. The van der Waals surface area contributed by atoms with Crippen molar-refractivity contribution in [1.29, 1.82) is 0 Å². The Morgan fingerprint density at radius 3 is 1.47 bits per heavy atom. The molecule has 0 saturated carbocycles. The Morgan fingerprint density at radius 1 is 0.535 bits per heavy atom. The number of aromatic amines is 2. The number of nitrogens with zero attached hydrogens (tertiary/aromatic N) is 2. The van der Waals surface area contributed by atoms with Crippen molar-refractivity contribution < 1.29 is 33.6 Å². The molecule has 0 radical (unpaired) electrons. The molecule has 11 nitrogen and oxygen atoms in total. The number of fused-ring (bicyclic) bond motifs is 8. The molecule has 0 amide bonds. The summed E-state index contributed by atoms with van der Waals surface area (Å²) in [7, 11) is 0. The van der Waals surface area contributed by atoms with Crippen LogP contribution in [0.4, 0.5) is 0 Å². The summed E-state index contributed by atoms with van der Waals surface area (Å²) in [6.07, 6.45) is 39.4. The van der Waals surface area contributed by atoms with E-state index in [1.54, 1.807) is 0 Å². The number of carbonyl (C=O) groups is 2. The number of H-pyrrole nitrogens is 2. The third-order valence-electron chi connectivity index (χ3n) is 19.2. The lowest BCUT2D eigenvalue weighted by Gasteiger charge is -2.19. The van der Waals surface area contributed by atoms with Gasteiger partial charge in [0.25, 0.3) is 0 Å². The zero-order chi connectivity index (χ0) is 61.0. The maximum absolute atomic E-state index is 14.2. The van der Waals surface area contributed by atoms with Crippen molar-refractivity contribution in [1.82, 2.24) is 19.9 Å². The molecule has 1 aromatic carbocycles. The molecule has 11 heteroatoms. The number of rotatable bonds is 43. The van der Waals surface area contributed by atoms with E-state index in [1.807, 2.05) is 19.1 Å². The van der Waals surface area contributed by atoms with E-state index >= 15 is 0 Å². The molecule has 0 fully saturated rings. The van der Waals surface area contributed by atoms with E-state index in [0.717, 1.165) is 118 Å². The lowest BCUT2D eigenvalue weighted by molar-refractivity contribution is -0.145. The van der Waals surface area contributed by atoms with Crippen LogP contribution in [0.25, 0.3) is 22.1 Å². The van der Waals surface area contributed by atoms with Crippen molar-refractivity contribution >= 4 is 33.8 Å². The predicted octanol–water partition coefficient (Wildman–Crippen LogP) is 20.3. The number of nitrogens with one attached hydrogen (secondary N) is 2. The first-order valence-corrected chi connectivity index (χ1v) is 35.1. The summed E-state index contributed by atoms with van der Waals surface area (Å²) in [5.74, 6) is 1.21. The Bertz CT molecular complexity index is 2840. The summed E-state index contributed by atoms with van der Waals surface area (Å²) in [4.78, 5) is 46.3. The number of hydrogen-bond donors (Lipinski definition) is 3. The van der Waals surface area contributed by atoms with Crippen LogP contribution in [0.5, 0.6) is 17.2 Å². The molecule has 476 valence electrons. The number of carbonyl (C=O) groups excluding carboxylic acids is 2. The zero-order valence-corrected chi connectivity index (χ0v) is 55.1. The summed E-state index contributed by atoms with van der Waals surface area (Å²) >= 11 is 0. The number of unbranched alkanes of at least 4 members (excludes halogenated alkanes) is 27. The number of aliphatic hydroxyl groups excluding tert-OH is 1. The molecule has 0 spiro atoms. The van der Waals surface area contributed by atoms with Crippen LogP contribution < -0.4 is 14.2 Å². The first-order valence-electron chi connectivity index (χ1n) is 35.1. The fourth-order valence-electron chi connectivity index (χ4n) is 13.7. The van der Waals surface area contributed by atoms with E-state index in [-0.39, 0.29) is 61.5 Å². The molecular formula is C75H114N4O7. The summed E-state index contributed by atoms with van der Waals surface area (Å²) in [6.45, 7) is 19.2. The summed E-state index contributed by atoms with van der Waals surface area (Å²) in [5, 5.41) is 10.7. The Kier molecular flexibility index (Phi) is 29.4. The maximum atomic E-state index is 14.2. The number of benzene rings is 1. The third-order valence-corrected chi connectivity index (χ3v) is 19.2. The van der Waals surface area contributed by atoms with Gasteiger partial charge in [-0.1, -0.05) is 215 Å². The van der Waals surface area contributed by atoms with Gasteiger partial charge >= 0.3 is 5.97 Å². The average Bonchev–Trinajstić information content (AvgIpc) is 1.69. The molecule has 3 N–H and O–H groups in total. The van der Waals surface area contributed by atoms with Crippen molar-refractivity contribution in [3.63, 3.8) is 0 Å². The molecule has 4 atom stereocenters. The van der Waals surface area contributed by atoms with Gasteiger partial charge in [-0.15, -0.1) is 0 Å². The van der Waals surface area contributed by atoms with Crippen LogP contribution in [0.2, 0.25) is 0 Å². The molecule has 4 aromatic rings. The van der Waals surface area contributed by atoms with Gasteiger partial charge in [-0.2, -0.15) is 0 Å². The monoisotopic (exact) mass is 1180 g/mol. The van der Waals surface area contributed by atoms with Crippen molar-refractivity contribution in [2.75, 3.05) is 19.8 Å². The van der Waals surface area contributed by atoms with Gasteiger partial charge in [0.05, 0.1) is 38.0 Å². The molecule has 5 heterocycles. The number of ketones is 1. The van der Waals surface area contributed by atoms with E-state index < -0.39 is 0 Å². The average molecular weight is 1180 g/mol. The topological polar surface area (TPSA) is 149 Å². The standard InChI is InChI=1S/C75H114N4O7/c1-9-13-16-19-22-25-28-31-34-37-42-83-69-45-57(46-70(84-43-38-35-32-29-26-23-20-17-14-10-2)75(69)85-44-39-36-33-30-27-24-21-18-15-11-3)52-86-71(82)41-40-59-54(6)64-48-62-55(7)61(51-80)67(77-62)49-63-53(5)58(12-4)66(76-63)50-65-56(8)72-68(81)47-60(73(59)78-64)74(72)79-65/h45-46,48-50,54,56,59,72,76-77,80H,9-44,47,51-52H2,1-8H3/t54-,56?,59-,72?/m0/s1. The van der Waals surface area contributed by atoms with Crippen molar-refractivity contribution in [3.8, 4) is 17.2 Å². The highest BCUT2D eigenvalue weighted by molar-refractivity contribution is 5.94. The third kappa shape index (κ3) is 19.7. The first-order chi connectivity index (χ1) is 42.0. The quantitative estimate of drug-likeness (QED) is 0.0291. The lowest BCUT2D eigenvalue weighted by Crippen LogP contribution is -2.11. The molecule has 7 rings (SSSR count). The van der Waals surface area contributed by atoms with Crippen LogP contribution >= 0.6 is 0 Å². The van der Waals surface area contributed by atoms with Gasteiger partial charge in [-0.05, 0) is 98.5 Å². The van der Waals surface area contributed by atoms with Crippen molar-refractivity contribution in [3.05, 3.63) is 86.5 Å². The highest BCUT2D eigenvalue weighted by atomic mass is 16.5. The summed E-state index contributed by atoms with van der Waals surface area (Å²) < 4.78 is 26.3. The van der Waals surface area contributed by atoms with Gasteiger partial charge in [0.2, 0.25) is 5.75 Å². The highest BCUT2D eigenvalue weighted by Crippen LogP contribution is 2.49. The van der Waals surface area contributed by atoms with E-state index in [0.29, 0.717) is 43.5 Å². The van der Waals surface area contributed by atoms with Crippen LogP contribution in [0, 0.1) is 13.8 Å². The number of ether oxygens (including phenoxy) is 4. The second-order valence-corrected chi connectivity index (χ2v) is 25.9. The Hall–Kier alpha value is -5.16. The van der Waals surface area contributed by atoms with Crippen LogP contribution in [-0.2, 0) is 40.4 Å². The molecule has 2 aliphatic heterocycles. The largest absolute Gasteiger partial charge is 0.490 e. The second-order valence-electron chi connectivity index (χ2n) is 25.9. The maximum Gasteiger partial charge on any atom is 0.306 e. The lowest BCUT2D eigenvalue weighted by atomic mass is 9.85. The molecule has 8 bridgehead atoms. The smallest absolute Gasteiger partial charge is 0.306 e. The van der Waals surface area contributed by atoms with Crippen molar-refractivity contribution in [2.24, 2.45) is 0 Å². The van der Waals surface area contributed by atoms with E-state index in [2.05, 4.69) is 76.6 Å². The number of esters is 1. The minimum atomic E-state index is -0.334. The number of aryl methyl sites for hydroxylation is 3. The van der Waals surface area contributed by atoms with Gasteiger partial charge in [0.15, 0.2) is 11.5 Å². The Labute approximate surface area is 519 Å². The van der Waals surface area contributed by atoms with Crippen molar-refractivity contribution in [2.45, 2.75) is 311 Å². The minimum Gasteiger partial charge on any atom is -0.490 e. The Balaban J connectivity index is 1.09. The molecular weight excluding hydrogens is 1070 g/mol. The number of aliphatic hydroxyl groups is 1. The minimum absolute atomic E-state index is 0.0736. The Morgan fingerprint density at radius 2 is 0.965 bits per heavy atom. The van der Waals surface area contributed by atoms with Gasteiger partial charge in [0, 0.05) is 80.9 Å². The SMILES string of the molecule is CCCCCCCCCCCCOc1cc(COC(=O)CC[C@@H]2c3nc(cc4[nH]c(cc5[nH]c(cc6nc7c3CC(=O)C7C6C)c(CC)c5C)c(CO)c4C)[C@H]2C)cc(OCCCCCCCCCCCC)c1OCCCCCCCCCCCC. The van der Waals surface area contributed by atoms with Crippen LogP contribution in [0.1, 0.15) is 327 Å². The zero-order valence-electron chi connectivity index (χ0n) is 55.1. The second kappa shape index (κ2) is 37.0. The van der Waals surface area contributed by atoms with Crippen LogP contribution in [-0.4, -0.2) is 56.6 Å². The van der Waals surface area contributed by atoms with Gasteiger partial charge < -0.3 is 34.0 Å². The number of Topliss-reactive ketones (excluding diaryl/α,β-unsaturated/α-hetero) is 1.